The van der Waals surface area contributed by atoms with Gasteiger partial charge in [-0.1, -0.05) is 24.3 Å². The first kappa shape index (κ1) is 13.7. The summed E-state index contributed by atoms with van der Waals surface area (Å²) in [5, 5.41) is 0. The Morgan fingerprint density at radius 1 is 1.27 bits per heavy atom. The lowest BCUT2D eigenvalue weighted by Gasteiger charge is -2.30. The Labute approximate surface area is 129 Å². The van der Waals surface area contributed by atoms with Crippen molar-refractivity contribution in [2.24, 2.45) is 11.8 Å². The fourth-order valence-corrected chi connectivity index (χ4v) is 4.42. The molecule has 4 nitrogen and oxygen atoms in total. The summed E-state index contributed by atoms with van der Waals surface area (Å²) in [5.74, 6) is -0.802. The molecule has 3 aliphatic heterocycles. The molecule has 0 radical (unpaired) electrons. The topological polar surface area (TPSA) is 46.6 Å². The molecule has 3 aliphatic rings. The average Bonchev–Trinajstić information content (AvgIpc) is 3.17. The molecule has 0 N–H and O–H groups in total. The minimum atomic E-state index is -0.459. The van der Waals surface area contributed by atoms with E-state index < -0.39 is 5.60 Å². The van der Waals surface area contributed by atoms with E-state index in [-0.39, 0.29) is 29.8 Å². The second-order valence-corrected chi connectivity index (χ2v) is 6.44. The van der Waals surface area contributed by atoms with Gasteiger partial charge in [0.05, 0.1) is 29.2 Å². The van der Waals surface area contributed by atoms with E-state index in [9.17, 15) is 9.59 Å². The van der Waals surface area contributed by atoms with Gasteiger partial charge >= 0.3 is 0 Å². The first-order chi connectivity index (χ1) is 10.7. The molecule has 0 spiro atoms. The molecule has 3 heterocycles. The number of nitrogens with zero attached hydrogens (tertiary/aromatic N) is 1. The highest BCUT2D eigenvalue weighted by atomic mass is 16.5. The number of benzene rings is 1. The van der Waals surface area contributed by atoms with Gasteiger partial charge in [0.25, 0.3) is 0 Å². The van der Waals surface area contributed by atoms with Gasteiger partial charge in [0.15, 0.2) is 0 Å². The highest BCUT2D eigenvalue weighted by Gasteiger charge is 2.69. The standard InChI is InChI=1S/C18H19NO3/c1-2-3-10-18-11-9-13(22-18)14-15(18)17(21)19(16(14)20)12-7-5-4-6-8-12/h2,4-8,13-15H,1,3,9-11H2. The first-order valence-corrected chi connectivity index (χ1v) is 7.89. The number of anilines is 1. The number of hydrogen-bond donors (Lipinski definition) is 0. The second-order valence-electron chi connectivity index (χ2n) is 6.44. The van der Waals surface area contributed by atoms with E-state index in [0.717, 1.165) is 25.7 Å². The van der Waals surface area contributed by atoms with Crippen molar-refractivity contribution < 1.29 is 14.3 Å². The molecule has 3 fully saturated rings. The van der Waals surface area contributed by atoms with Crippen LogP contribution in [-0.2, 0) is 14.3 Å². The quantitative estimate of drug-likeness (QED) is 0.634. The molecule has 4 heteroatoms. The predicted octanol–water partition coefficient (Wildman–Crippen LogP) is 2.69. The molecule has 2 amide bonds. The summed E-state index contributed by atoms with van der Waals surface area (Å²) in [5.41, 5.74) is 0.213. The van der Waals surface area contributed by atoms with Crippen LogP contribution in [0.1, 0.15) is 25.7 Å². The maximum absolute atomic E-state index is 13.0. The van der Waals surface area contributed by atoms with Crippen molar-refractivity contribution in [3.8, 4) is 0 Å². The smallest absolute Gasteiger partial charge is 0.240 e. The zero-order valence-electron chi connectivity index (χ0n) is 12.4. The van der Waals surface area contributed by atoms with Crippen LogP contribution in [0.2, 0.25) is 0 Å². The molecular formula is C18H19NO3. The van der Waals surface area contributed by atoms with Crippen molar-refractivity contribution in [2.45, 2.75) is 37.4 Å². The van der Waals surface area contributed by atoms with Gasteiger partial charge in [-0.2, -0.15) is 0 Å². The number of hydrogen-bond acceptors (Lipinski definition) is 3. The molecule has 2 bridgehead atoms. The fourth-order valence-electron chi connectivity index (χ4n) is 4.42. The van der Waals surface area contributed by atoms with Crippen LogP contribution in [0.4, 0.5) is 5.69 Å². The SMILES string of the molecule is C=CCCC12CCC(O1)C1C(=O)N(c3ccccc3)C(=O)C12. The van der Waals surface area contributed by atoms with Gasteiger partial charge in [-0.25, -0.2) is 4.90 Å². The van der Waals surface area contributed by atoms with Crippen molar-refractivity contribution in [3.05, 3.63) is 43.0 Å². The fraction of sp³-hybridized carbons (Fsp3) is 0.444. The minimum Gasteiger partial charge on any atom is -0.370 e. The second kappa shape index (κ2) is 4.78. The molecule has 1 aromatic carbocycles. The van der Waals surface area contributed by atoms with Crippen LogP contribution in [0.5, 0.6) is 0 Å². The van der Waals surface area contributed by atoms with E-state index in [2.05, 4.69) is 6.58 Å². The minimum absolute atomic E-state index is 0.0903. The number of fused-ring (bicyclic) bond motifs is 5. The molecule has 4 rings (SSSR count). The van der Waals surface area contributed by atoms with Gasteiger partial charge in [-0.05, 0) is 37.8 Å². The number of rotatable bonds is 4. The molecule has 0 aliphatic carbocycles. The van der Waals surface area contributed by atoms with E-state index in [1.807, 2.05) is 36.4 Å². The molecule has 0 aromatic heterocycles. The van der Waals surface area contributed by atoms with Crippen molar-refractivity contribution in [2.75, 3.05) is 4.90 Å². The summed E-state index contributed by atoms with van der Waals surface area (Å²) >= 11 is 0. The average molecular weight is 297 g/mol. The number of para-hydroxylation sites is 1. The van der Waals surface area contributed by atoms with Gasteiger partial charge in [0.2, 0.25) is 11.8 Å². The number of amides is 2. The maximum atomic E-state index is 13.0. The number of allylic oxidation sites excluding steroid dienone is 1. The Balaban J connectivity index is 1.71. The van der Waals surface area contributed by atoms with Gasteiger partial charge in [-0.15, -0.1) is 6.58 Å². The van der Waals surface area contributed by atoms with Gasteiger partial charge < -0.3 is 4.74 Å². The van der Waals surface area contributed by atoms with Crippen molar-refractivity contribution in [1.29, 1.82) is 0 Å². The largest absolute Gasteiger partial charge is 0.370 e. The molecule has 3 saturated heterocycles. The van der Waals surface area contributed by atoms with Crippen LogP contribution in [0.15, 0.2) is 43.0 Å². The van der Waals surface area contributed by atoms with Crippen molar-refractivity contribution in [1.82, 2.24) is 0 Å². The first-order valence-electron chi connectivity index (χ1n) is 7.89. The van der Waals surface area contributed by atoms with Gasteiger partial charge in [-0.3, -0.25) is 9.59 Å². The maximum Gasteiger partial charge on any atom is 0.240 e. The third kappa shape index (κ3) is 1.67. The number of carbonyl (C=O) groups excluding carboxylic acids is 2. The van der Waals surface area contributed by atoms with E-state index in [4.69, 9.17) is 4.74 Å². The highest BCUT2D eigenvalue weighted by molar-refractivity contribution is 6.23. The van der Waals surface area contributed by atoms with Crippen LogP contribution in [-0.4, -0.2) is 23.5 Å². The molecule has 114 valence electrons. The third-order valence-electron chi connectivity index (χ3n) is 5.34. The van der Waals surface area contributed by atoms with E-state index in [0.29, 0.717) is 5.69 Å². The number of carbonyl (C=O) groups is 2. The number of ether oxygens (including phenoxy) is 1. The number of imide groups is 1. The van der Waals surface area contributed by atoms with E-state index in [1.165, 1.54) is 4.90 Å². The lowest BCUT2D eigenvalue weighted by Crippen LogP contribution is -2.41. The highest BCUT2D eigenvalue weighted by Crippen LogP contribution is 2.57. The molecule has 22 heavy (non-hydrogen) atoms. The summed E-state index contributed by atoms with van der Waals surface area (Å²) in [7, 11) is 0. The Morgan fingerprint density at radius 3 is 2.77 bits per heavy atom. The molecule has 0 saturated carbocycles. The van der Waals surface area contributed by atoms with Crippen LogP contribution in [0.25, 0.3) is 0 Å². The zero-order valence-corrected chi connectivity index (χ0v) is 12.4. The van der Waals surface area contributed by atoms with E-state index >= 15 is 0 Å². The molecule has 1 aromatic rings. The Morgan fingerprint density at radius 2 is 2.05 bits per heavy atom. The summed E-state index contributed by atoms with van der Waals surface area (Å²) < 4.78 is 6.14. The summed E-state index contributed by atoms with van der Waals surface area (Å²) in [4.78, 5) is 27.1. The van der Waals surface area contributed by atoms with Crippen LogP contribution < -0.4 is 4.90 Å². The molecule has 4 atom stereocenters. The van der Waals surface area contributed by atoms with E-state index in [1.54, 1.807) is 0 Å². The summed E-state index contributed by atoms with van der Waals surface area (Å²) in [6.45, 7) is 3.76. The van der Waals surface area contributed by atoms with Crippen molar-refractivity contribution >= 4 is 17.5 Å². The monoisotopic (exact) mass is 297 g/mol. The lowest BCUT2D eigenvalue weighted by molar-refractivity contribution is -0.127. The zero-order chi connectivity index (χ0) is 15.3. The Hall–Kier alpha value is -1.94. The van der Waals surface area contributed by atoms with Crippen LogP contribution in [0.3, 0.4) is 0 Å². The van der Waals surface area contributed by atoms with Gasteiger partial charge in [0.1, 0.15) is 0 Å². The Kier molecular flexibility index (Phi) is 2.98. The normalized spacial score (nSPS) is 36.0. The van der Waals surface area contributed by atoms with Crippen molar-refractivity contribution in [3.63, 3.8) is 0 Å². The Bertz CT molecular complexity index is 641. The molecule has 4 unspecified atom stereocenters. The lowest BCUT2D eigenvalue weighted by atomic mass is 9.71. The summed E-state index contributed by atoms with van der Waals surface area (Å²) in [6, 6.07) is 9.21. The third-order valence-corrected chi connectivity index (χ3v) is 5.34. The summed E-state index contributed by atoms with van der Waals surface area (Å²) in [6.07, 6.45) is 5.09. The predicted molar refractivity (Wildman–Crippen MR) is 82.2 cm³/mol. The van der Waals surface area contributed by atoms with Crippen LogP contribution in [0, 0.1) is 11.8 Å². The van der Waals surface area contributed by atoms with Gasteiger partial charge in [0, 0.05) is 0 Å². The van der Waals surface area contributed by atoms with Crippen LogP contribution >= 0.6 is 0 Å². The molecular weight excluding hydrogens is 278 g/mol.